The standard InChI is InChI=1S/C27H27F3N4O4/c1-16(2)23(24(36)27(29,30)26(38)32-14-17-8-10-19(28)11-9-17)33-22(35)15-34-21(13-12-20(31)25(34)37)18-6-4-3-5-7-18/h3-13,16,23H,14-15,31H2,1-2H3,(H,32,38)(H,33,35). The molecule has 0 saturated heterocycles. The average molecular weight is 529 g/mol. The summed E-state index contributed by atoms with van der Waals surface area (Å²) in [6.45, 7) is 1.89. The van der Waals surface area contributed by atoms with E-state index in [-0.39, 0.29) is 12.2 Å². The number of halogens is 3. The third-order valence-corrected chi connectivity index (χ3v) is 5.80. The molecule has 11 heteroatoms. The van der Waals surface area contributed by atoms with Crippen LogP contribution >= 0.6 is 0 Å². The van der Waals surface area contributed by atoms with Crippen molar-refractivity contribution in [2.45, 2.75) is 38.9 Å². The number of hydrogen-bond donors (Lipinski definition) is 3. The molecule has 0 saturated carbocycles. The first-order chi connectivity index (χ1) is 17.9. The van der Waals surface area contributed by atoms with Crippen LogP contribution in [0.2, 0.25) is 0 Å². The van der Waals surface area contributed by atoms with Crippen molar-refractivity contribution in [3.63, 3.8) is 0 Å². The number of benzene rings is 2. The van der Waals surface area contributed by atoms with E-state index in [0.29, 0.717) is 16.8 Å². The average Bonchev–Trinajstić information content (AvgIpc) is 2.89. The lowest BCUT2D eigenvalue weighted by atomic mass is 9.95. The maximum atomic E-state index is 14.8. The fraction of sp³-hybridized carbons (Fsp3) is 0.259. The largest absolute Gasteiger partial charge is 0.394 e. The molecule has 3 rings (SSSR count). The first-order valence-corrected chi connectivity index (χ1v) is 11.7. The Morgan fingerprint density at radius 1 is 0.974 bits per heavy atom. The number of amides is 2. The molecular formula is C27H27F3N4O4. The number of alkyl halides is 2. The van der Waals surface area contributed by atoms with Crippen LogP contribution in [0.5, 0.6) is 0 Å². The number of nitrogens with one attached hydrogen (secondary N) is 2. The van der Waals surface area contributed by atoms with Crippen LogP contribution in [0.25, 0.3) is 11.3 Å². The quantitative estimate of drug-likeness (QED) is 0.349. The van der Waals surface area contributed by atoms with Crippen molar-refractivity contribution in [2.24, 2.45) is 5.92 Å². The maximum Gasteiger partial charge on any atom is 0.383 e. The third-order valence-electron chi connectivity index (χ3n) is 5.80. The predicted molar refractivity (Wildman–Crippen MR) is 136 cm³/mol. The van der Waals surface area contributed by atoms with Gasteiger partial charge in [-0.2, -0.15) is 8.78 Å². The van der Waals surface area contributed by atoms with E-state index in [1.54, 1.807) is 36.4 Å². The Morgan fingerprint density at radius 2 is 1.61 bits per heavy atom. The smallest absolute Gasteiger partial charge is 0.383 e. The number of Topliss-reactive ketones (excluding diaryl/α,β-unsaturated/α-hetero) is 1. The van der Waals surface area contributed by atoms with Gasteiger partial charge < -0.3 is 16.4 Å². The van der Waals surface area contributed by atoms with Crippen molar-refractivity contribution >= 4 is 23.3 Å². The predicted octanol–water partition coefficient (Wildman–Crippen LogP) is 2.90. The van der Waals surface area contributed by atoms with Crippen LogP contribution < -0.4 is 21.9 Å². The van der Waals surface area contributed by atoms with Crippen molar-refractivity contribution in [1.82, 2.24) is 15.2 Å². The summed E-state index contributed by atoms with van der Waals surface area (Å²) in [5, 5.41) is 4.20. The van der Waals surface area contributed by atoms with Gasteiger partial charge in [0.05, 0.1) is 17.4 Å². The molecule has 1 heterocycles. The molecule has 200 valence electrons. The van der Waals surface area contributed by atoms with Crippen LogP contribution in [-0.2, 0) is 27.5 Å². The molecule has 0 bridgehead atoms. The molecule has 1 atom stereocenters. The third kappa shape index (κ3) is 6.47. The molecule has 0 radical (unpaired) electrons. The number of ketones is 1. The van der Waals surface area contributed by atoms with E-state index in [1.807, 2.05) is 5.32 Å². The Balaban J connectivity index is 1.76. The fourth-order valence-corrected chi connectivity index (χ4v) is 3.71. The molecule has 0 aliphatic rings. The summed E-state index contributed by atoms with van der Waals surface area (Å²) < 4.78 is 43.8. The highest BCUT2D eigenvalue weighted by molar-refractivity contribution is 6.10. The van der Waals surface area contributed by atoms with Crippen LogP contribution in [0.4, 0.5) is 18.9 Å². The lowest BCUT2D eigenvalue weighted by Crippen LogP contribution is -2.56. The summed E-state index contributed by atoms with van der Waals surface area (Å²) in [7, 11) is 0. The number of nitrogens with zero attached hydrogens (tertiary/aromatic N) is 1. The lowest BCUT2D eigenvalue weighted by Gasteiger charge is -2.25. The number of carbonyl (C=O) groups excluding carboxylic acids is 3. The number of carbonyl (C=O) groups is 3. The second-order valence-corrected chi connectivity index (χ2v) is 8.97. The molecule has 0 aliphatic carbocycles. The molecule has 3 aromatic rings. The van der Waals surface area contributed by atoms with E-state index in [0.717, 1.165) is 16.7 Å². The Morgan fingerprint density at radius 3 is 2.21 bits per heavy atom. The van der Waals surface area contributed by atoms with E-state index in [2.05, 4.69) is 5.32 Å². The van der Waals surface area contributed by atoms with Gasteiger partial charge in [-0.3, -0.25) is 23.7 Å². The number of aromatic nitrogens is 1. The van der Waals surface area contributed by atoms with Crippen molar-refractivity contribution in [3.8, 4) is 11.3 Å². The van der Waals surface area contributed by atoms with Gasteiger partial charge in [-0.15, -0.1) is 0 Å². The van der Waals surface area contributed by atoms with E-state index in [4.69, 9.17) is 5.73 Å². The SMILES string of the molecule is CC(C)C(NC(=O)Cn1c(-c2ccccc2)ccc(N)c1=O)C(=O)C(F)(F)C(=O)NCc1ccc(F)cc1. The van der Waals surface area contributed by atoms with Crippen LogP contribution in [-0.4, -0.2) is 34.1 Å². The highest BCUT2D eigenvalue weighted by Crippen LogP contribution is 2.22. The molecule has 2 aromatic carbocycles. The molecular weight excluding hydrogens is 501 g/mol. The molecule has 0 spiro atoms. The topological polar surface area (TPSA) is 123 Å². The van der Waals surface area contributed by atoms with Gasteiger partial charge in [-0.1, -0.05) is 56.3 Å². The van der Waals surface area contributed by atoms with Gasteiger partial charge in [0.2, 0.25) is 11.7 Å². The molecule has 4 N–H and O–H groups in total. The van der Waals surface area contributed by atoms with Gasteiger partial charge in [0, 0.05) is 6.54 Å². The van der Waals surface area contributed by atoms with E-state index in [9.17, 15) is 32.3 Å². The summed E-state index contributed by atoms with van der Waals surface area (Å²) in [4.78, 5) is 50.5. The Hall–Kier alpha value is -4.41. The van der Waals surface area contributed by atoms with Crippen molar-refractivity contribution < 1.29 is 27.6 Å². The molecule has 0 aliphatic heterocycles. The minimum Gasteiger partial charge on any atom is -0.394 e. The number of rotatable bonds is 10. The summed E-state index contributed by atoms with van der Waals surface area (Å²) in [5.74, 6) is -10.4. The van der Waals surface area contributed by atoms with Crippen LogP contribution in [0, 0.1) is 11.7 Å². The molecule has 1 aromatic heterocycles. The highest BCUT2D eigenvalue weighted by Gasteiger charge is 2.51. The van der Waals surface area contributed by atoms with Crippen LogP contribution in [0.1, 0.15) is 19.4 Å². The fourth-order valence-electron chi connectivity index (χ4n) is 3.71. The maximum absolute atomic E-state index is 14.8. The van der Waals surface area contributed by atoms with Crippen LogP contribution in [0.3, 0.4) is 0 Å². The number of nitrogens with two attached hydrogens (primary N) is 1. The van der Waals surface area contributed by atoms with Gasteiger partial charge in [-0.25, -0.2) is 4.39 Å². The monoisotopic (exact) mass is 528 g/mol. The van der Waals surface area contributed by atoms with Gasteiger partial charge in [0.15, 0.2) is 0 Å². The second-order valence-electron chi connectivity index (χ2n) is 8.97. The van der Waals surface area contributed by atoms with E-state index >= 15 is 0 Å². The summed E-state index contributed by atoms with van der Waals surface area (Å²) >= 11 is 0. The summed E-state index contributed by atoms with van der Waals surface area (Å²) in [5.41, 5.74) is 6.25. The molecule has 8 nitrogen and oxygen atoms in total. The van der Waals surface area contributed by atoms with E-state index in [1.165, 1.54) is 32.0 Å². The van der Waals surface area contributed by atoms with Crippen molar-refractivity contribution in [1.29, 1.82) is 0 Å². The number of nitrogen functional groups attached to an aromatic ring is 1. The number of pyridine rings is 1. The minimum atomic E-state index is -4.47. The first-order valence-electron chi connectivity index (χ1n) is 11.7. The number of hydrogen-bond acceptors (Lipinski definition) is 5. The van der Waals surface area contributed by atoms with Crippen molar-refractivity contribution in [2.75, 3.05) is 5.73 Å². The van der Waals surface area contributed by atoms with Gasteiger partial charge >= 0.3 is 5.92 Å². The van der Waals surface area contributed by atoms with Crippen LogP contribution in [0.15, 0.2) is 71.5 Å². The van der Waals surface area contributed by atoms with Gasteiger partial charge in [0.1, 0.15) is 12.4 Å². The van der Waals surface area contributed by atoms with E-state index < -0.39 is 53.4 Å². The number of anilines is 1. The molecule has 1 unspecified atom stereocenters. The first kappa shape index (κ1) is 28.2. The Kier molecular flexibility index (Phi) is 8.72. The highest BCUT2D eigenvalue weighted by atomic mass is 19.3. The summed E-state index contributed by atoms with van der Waals surface area (Å²) in [6, 6.07) is 14.7. The Bertz CT molecular complexity index is 1370. The zero-order valence-corrected chi connectivity index (χ0v) is 20.7. The van der Waals surface area contributed by atoms with Crippen molar-refractivity contribution in [3.05, 3.63) is 88.5 Å². The zero-order chi connectivity index (χ0) is 28.0. The molecule has 0 fully saturated rings. The molecule has 38 heavy (non-hydrogen) atoms. The molecule has 2 amide bonds. The Labute approximate surface area is 216 Å². The second kappa shape index (κ2) is 11.8. The normalized spacial score (nSPS) is 12.2. The lowest BCUT2D eigenvalue weighted by molar-refractivity contribution is -0.161. The minimum absolute atomic E-state index is 0.127. The van der Waals surface area contributed by atoms with Gasteiger partial charge in [-0.05, 0) is 41.3 Å². The zero-order valence-electron chi connectivity index (χ0n) is 20.7. The summed E-state index contributed by atoms with van der Waals surface area (Å²) in [6.07, 6.45) is 0. The van der Waals surface area contributed by atoms with Gasteiger partial charge in [0.25, 0.3) is 11.5 Å².